The Labute approximate surface area is 178 Å². The van der Waals surface area contributed by atoms with E-state index >= 15 is 0 Å². The van der Waals surface area contributed by atoms with E-state index in [1.165, 1.54) is 24.5 Å². The van der Waals surface area contributed by atoms with E-state index in [9.17, 15) is 9.59 Å². The first-order valence-electron chi connectivity index (χ1n) is 9.30. The summed E-state index contributed by atoms with van der Waals surface area (Å²) in [6.07, 6.45) is 0. The third-order valence-corrected chi connectivity index (χ3v) is 4.89. The number of anilines is 1. The van der Waals surface area contributed by atoms with Crippen LogP contribution in [0.2, 0.25) is 0 Å². The van der Waals surface area contributed by atoms with Gasteiger partial charge in [-0.25, -0.2) is 9.78 Å². The fourth-order valence-electron chi connectivity index (χ4n) is 2.63. The number of nitrogens with zero attached hydrogens (tertiary/aromatic N) is 1. The van der Waals surface area contributed by atoms with Crippen LogP contribution < -0.4 is 14.8 Å². The number of carbonyl (C=O) groups excluding carboxylic acids is 2. The highest BCUT2D eigenvalue weighted by Crippen LogP contribution is 2.28. The van der Waals surface area contributed by atoms with Crippen LogP contribution in [0.25, 0.3) is 11.3 Å². The van der Waals surface area contributed by atoms with Gasteiger partial charge in [0.1, 0.15) is 0 Å². The molecule has 0 atom stereocenters. The van der Waals surface area contributed by atoms with E-state index in [-0.39, 0.29) is 5.56 Å². The van der Waals surface area contributed by atoms with Gasteiger partial charge in [0.2, 0.25) is 0 Å². The lowest BCUT2D eigenvalue weighted by molar-refractivity contribution is -0.119. The molecule has 0 saturated carbocycles. The topological polar surface area (TPSA) is 86.8 Å². The molecule has 0 spiro atoms. The van der Waals surface area contributed by atoms with Crippen molar-refractivity contribution < 1.29 is 23.8 Å². The van der Waals surface area contributed by atoms with Crippen molar-refractivity contribution in [3.63, 3.8) is 0 Å². The van der Waals surface area contributed by atoms with E-state index in [1.54, 1.807) is 12.1 Å². The molecule has 7 nitrogen and oxygen atoms in total. The average molecular weight is 426 g/mol. The molecule has 0 unspecified atom stereocenters. The van der Waals surface area contributed by atoms with Crippen molar-refractivity contribution in [3.8, 4) is 22.8 Å². The van der Waals surface area contributed by atoms with Crippen LogP contribution in [0.5, 0.6) is 11.5 Å². The van der Waals surface area contributed by atoms with Gasteiger partial charge in [-0.3, -0.25) is 10.1 Å². The number of ether oxygens (including phenoxy) is 3. The number of rotatable bonds is 8. The maximum absolute atomic E-state index is 12.3. The van der Waals surface area contributed by atoms with Crippen LogP contribution in [0.15, 0.2) is 47.8 Å². The Morgan fingerprint density at radius 2 is 1.87 bits per heavy atom. The van der Waals surface area contributed by atoms with Gasteiger partial charge in [0.25, 0.3) is 5.91 Å². The monoisotopic (exact) mass is 426 g/mol. The normalized spacial score (nSPS) is 10.4. The second kappa shape index (κ2) is 9.89. The number of benzene rings is 2. The van der Waals surface area contributed by atoms with E-state index in [0.717, 1.165) is 16.8 Å². The summed E-state index contributed by atoms with van der Waals surface area (Å²) >= 11 is 1.31. The summed E-state index contributed by atoms with van der Waals surface area (Å²) in [4.78, 5) is 28.8. The predicted octanol–water partition coefficient (Wildman–Crippen LogP) is 4.32. The average Bonchev–Trinajstić information content (AvgIpc) is 3.21. The van der Waals surface area contributed by atoms with Gasteiger partial charge >= 0.3 is 5.97 Å². The van der Waals surface area contributed by atoms with Crippen LogP contribution in [0.3, 0.4) is 0 Å². The maximum atomic E-state index is 12.3. The molecular weight excluding hydrogens is 404 g/mol. The van der Waals surface area contributed by atoms with Crippen molar-refractivity contribution in [2.45, 2.75) is 13.8 Å². The number of hydrogen-bond donors (Lipinski definition) is 1. The summed E-state index contributed by atoms with van der Waals surface area (Å²) in [6, 6.07) is 12.6. The van der Waals surface area contributed by atoms with Gasteiger partial charge in [0, 0.05) is 10.9 Å². The SMILES string of the molecule is CCOc1cc(C(=O)OCC(=O)Nc2nc(-c3ccc(C)cc3)cs2)ccc1OC. The highest BCUT2D eigenvalue weighted by molar-refractivity contribution is 7.14. The van der Waals surface area contributed by atoms with Crippen LogP contribution in [0.4, 0.5) is 5.13 Å². The highest BCUT2D eigenvalue weighted by atomic mass is 32.1. The van der Waals surface area contributed by atoms with Gasteiger partial charge in [0.15, 0.2) is 23.2 Å². The van der Waals surface area contributed by atoms with Crippen LogP contribution in [-0.2, 0) is 9.53 Å². The number of carbonyl (C=O) groups is 2. The highest BCUT2D eigenvalue weighted by Gasteiger charge is 2.15. The Bertz CT molecular complexity index is 1030. The van der Waals surface area contributed by atoms with Gasteiger partial charge in [0.05, 0.1) is 25.0 Å². The minimum absolute atomic E-state index is 0.267. The Balaban J connectivity index is 1.56. The molecule has 0 aliphatic carbocycles. The zero-order valence-electron chi connectivity index (χ0n) is 16.9. The summed E-state index contributed by atoms with van der Waals surface area (Å²) in [5.74, 6) is -0.149. The third-order valence-electron chi connectivity index (χ3n) is 4.13. The first kappa shape index (κ1) is 21.3. The van der Waals surface area contributed by atoms with Crippen molar-refractivity contribution in [2.75, 3.05) is 25.6 Å². The Kier molecular flexibility index (Phi) is 7.03. The molecule has 0 radical (unpaired) electrons. The van der Waals surface area contributed by atoms with Crippen molar-refractivity contribution in [3.05, 3.63) is 59.0 Å². The first-order chi connectivity index (χ1) is 14.5. The summed E-state index contributed by atoms with van der Waals surface area (Å²) in [6.45, 7) is 3.85. The quantitative estimate of drug-likeness (QED) is 0.540. The largest absolute Gasteiger partial charge is 0.493 e. The molecule has 1 amide bonds. The fraction of sp³-hybridized carbons (Fsp3) is 0.227. The molecule has 0 aliphatic rings. The molecule has 3 rings (SSSR count). The van der Waals surface area contributed by atoms with Crippen LogP contribution in [0.1, 0.15) is 22.8 Å². The van der Waals surface area contributed by atoms with Crippen LogP contribution >= 0.6 is 11.3 Å². The lowest BCUT2D eigenvalue weighted by atomic mass is 10.1. The number of esters is 1. The standard InChI is InChI=1S/C22H22N2O5S/c1-4-28-19-11-16(9-10-18(19)27-3)21(26)29-12-20(25)24-22-23-17(13-30-22)15-7-5-14(2)6-8-15/h5-11,13H,4,12H2,1-3H3,(H,23,24,25). The Morgan fingerprint density at radius 1 is 1.10 bits per heavy atom. The molecular formula is C22H22N2O5S. The number of aryl methyl sites for hydroxylation is 1. The first-order valence-corrected chi connectivity index (χ1v) is 10.2. The molecule has 30 heavy (non-hydrogen) atoms. The molecule has 0 bridgehead atoms. The number of hydrogen-bond acceptors (Lipinski definition) is 7. The van der Waals surface area contributed by atoms with Gasteiger partial charge in [-0.05, 0) is 32.0 Å². The second-order valence-electron chi connectivity index (χ2n) is 6.33. The number of thiazole rings is 1. The van der Waals surface area contributed by atoms with Gasteiger partial charge in [-0.2, -0.15) is 0 Å². The van der Waals surface area contributed by atoms with E-state index in [2.05, 4.69) is 10.3 Å². The fourth-order valence-corrected chi connectivity index (χ4v) is 3.37. The zero-order chi connectivity index (χ0) is 21.5. The van der Waals surface area contributed by atoms with E-state index in [0.29, 0.717) is 23.2 Å². The number of amides is 1. The molecule has 156 valence electrons. The van der Waals surface area contributed by atoms with Crippen molar-refractivity contribution in [1.82, 2.24) is 4.98 Å². The molecule has 0 saturated heterocycles. The molecule has 2 aromatic carbocycles. The van der Waals surface area contributed by atoms with Gasteiger partial charge < -0.3 is 14.2 Å². The summed E-state index contributed by atoms with van der Waals surface area (Å²) in [5, 5.41) is 4.95. The summed E-state index contributed by atoms with van der Waals surface area (Å²) < 4.78 is 15.7. The number of aromatic nitrogens is 1. The zero-order valence-corrected chi connectivity index (χ0v) is 17.7. The van der Waals surface area contributed by atoms with E-state index in [1.807, 2.05) is 43.5 Å². The molecule has 0 fully saturated rings. The minimum atomic E-state index is -0.631. The molecule has 0 aliphatic heterocycles. The lowest BCUT2D eigenvalue weighted by Crippen LogP contribution is -2.20. The number of nitrogens with one attached hydrogen (secondary N) is 1. The predicted molar refractivity (Wildman–Crippen MR) is 115 cm³/mol. The molecule has 1 N–H and O–H groups in total. The number of methoxy groups -OCH3 is 1. The van der Waals surface area contributed by atoms with Crippen LogP contribution in [0, 0.1) is 6.92 Å². The molecule has 3 aromatic rings. The van der Waals surface area contributed by atoms with Gasteiger partial charge in [-0.15, -0.1) is 11.3 Å². The summed E-state index contributed by atoms with van der Waals surface area (Å²) in [5.41, 5.74) is 3.17. The van der Waals surface area contributed by atoms with Crippen molar-refractivity contribution in [1.29, 1.82) is 0 Å². The Morgan fingerprint density at radius 3 is 2.57 bits per heavy atom. The van der Waals surface area contributed by atoms with Gasteiger partial charge in [-0.1, -0.05) is 29.8 Å². The third kappa shape index (κ3) is 5.36. The summed E-state index contributed by atoms with van der Waals surface area (Å²) in [7, 11) is 1.52. The van der Waals surface area contributed by atoms with E-state index < -0.39 is 18.5 Å². The second-order valence-corrected chi connectivity index (χ2v) is 7.18. The van der Waals surface area contributed by atoms with Crippen LogP contribution in [-0.4, -0.2) is 37.2 Å². The van der Waals surface area contributed by atoms with Crippen molar-refractivity contribution >= 4 is 28.3 Å². The molecule has 1 aromatic heterocycles. The molecule has 1 heterocycles. The maximum Gasteiger partial charge on any atom is 0.338 e. The smallest absolute Gasteiger partial charge is 0.338 e. The minimum Gasteiger partial charge on any atom is -0.493 e. The van der Waals surface area contributed by atoms with Crippen molar-refractivity contribution in [2.24, 2.45) is 0 Å². The Hall–Kier alpha value is -3.39. The van der Waals surface area contributed by atoms with E-state index in [4.69, 9.17) is 14.2 Å². The lowest BCUT2D eigenvalue weighted by Gasteiger charge is -2.11. The molecule has 8 heteroatoms.